The minimum absolute atomic E-state index is 0.0911. The van der Waals surface area contributed by atoms with E-state index >= 15 is 0 Å². The van der Waals surface area contributed by atoms with Gasteiger partial charge >= 0.3 is 0 Å². The van der Waals surface area contributed by atoms with Crippen LogP contribution in [0.4, 0.5) is 5.82 Å². The molecule has 1 aliphatic heterocycles. The van der Waals surface area contributed by atoms with Crippen LogP contribution in [0.3, 0.4) is 0 Å². The summed E-state index contributed by atoms with van der Waals surface area (Å²) in [4.78, 5) is 27.9. The van der Waals surface area contributed by atoms with Gasteiger partial charge in [-0.1, -0.05) is 0 Å². The number of likely N-dealkylation sites (N-methyl/N-ethyl adjacent to an activating group) is 1. The fraction of sp³-hybridized carbons (Fsp3) is 0.412. The highest BCUT2D eigenvalue weighted by Gasteiger charge is 2.38. The first-order valence-electron chi connectivity index (χ1n) is 8.06. The van der Waals surface area contributed by atoms with Crippen molar-refractivity contribution in [3.63, 3.8) is 0 Å². The number of carbonyl (C=O) groups excluding carboxylic acids is 1. The molecule has 1 unspecified atom stereocenters. The van der Waals surface area contributed by atoms with Gasteiger partial charge in [-0.15, -0.1) is 0 Å². The number of rotatable bonds is 6. The van der Waals surface area contributed by atoms with E-state index in [1.165, 1.54) is 4.90 Å². The highest BCUT2D eigenvalue weighted by Crippen LogP contribution is 2.25. The van der Waals surface area contributed by atoms with Crippen molar-refractivity contribution in [3.8, 4) is 5.75 Å². The molecule has 1 aliphatic rings. The molecule has 1 atom stereocenters. The van der Waals surface area contributed by atoms with Gasteiger partial charge in [0.25, 0.3) is 5.91 Å². The molecule has 3 heterocycles. The van der Waals surface area contributed by atoms with Crippen LogP contribution >= 0.6 is 0 Å². The highest BCUT2D eigenvalue weighted by molar-refractivity contribution is 5.77. The van der Waals surface area contributed by atoms with Crippen LogP contribution in [-0.2, 0) is 4.79 Å². The SMILES string of the molecule is CN(CC1(O)CCN(c2cnccn2)C1)C(=O)COc1cccnc1. The summed E-state index contributed by atoms with van der Waals surface area (Å²) in [6.07, 6.45) is 8.65. The average molecular weight is 343 g/mol. The number of hydrogen-bond donors (Lipinski definition) is 1. The first kappa shape index (κ1) is 17.1. The van der Waals surface area contributed by atoms with Crippen molar-refractivity contribution in [2.45, 2.75) is 12.0 Å². The Morgan fingerprint density at radius 2 is 2.20 bits per heavy atom. The second kappa shape index (κ2) is 7.43. The maximum absolute atomic E-state index is 12.2. The number of pyridine rings is 1. The fourth-order valence-electron chi connectivity index (χ4n) is 2.85. The van der Waals surface area contributed by atoms with Crippen LogP contribution in [0.1, 0.15) is 6.42 Å². The minimum Gasteiger partial charge on any atom is -0.482 e. The summed E-state index contributed by atoms with van der Waals surface area (Å²) in [5.41, 5.74) is -0.976. The van der Waals surface area contributed by atoms with Crippen LogP contribution < -0.4 is 9.64 Å². The molecule has 8 nitrogen and oxygen atoms in total. The van der Waals surface area contributed by atoms with Crippen molar-refractivity contribution in [1.82, 2.24) is 19.9 Å². The van der Waals surface area contributed by atoms with Gasteiger partial charge in [-0.25, -0.2) is 4.98 Å². The zero-order chi connectivity index (χ0) is 17.7. The lowest BCUT2D eigenvalue weighted by atomic mass is 10.0. The van der Waals surface area contributed by atoms with Gasteiger partial charge in [-0.05, 0) is 18.6 Å². The summed E-state index contributed by atoms with van der Waals surface area (Å²) < 4.78 is 5.41. The Hall–Kier alpha value is -2.74. The molecule has 0 saturated carbocycles. The quantitative estimate of drug-likeness (QED) is 0.809. The van der Waals surface area contributed by atoms with E-state index in [1.54, 1.807) is 50.2 Å². The Balaban J connectivity index is 1.51. The monoisotopic (exact) mass is 343 g/mol. The largest absolute Gasteiger partial charge is 0.482 e. The van der Waals surface area contributed by atoms with Crippen LogP contribution in [0.15, 0.2) is 43.1 Å². The first-order chi connectivity index (χ1) is 12.1. The second-order valence-electron chi connectivity index (χ2n) is 6.19. The van der Waals surface area contributed by atoms with Crippen LogP contribution in [0, 0.1) is 0 Å². The van der Waals surface area contributed by atoms with E-state index in [-0.39, 0.29) is 19.1 Å². The second-order valence-corrected chi connectivity index (χ2v) is 6.19. The fourth-order valence-corrected chi connectivity index (χ4v) is 2.85. The van der Waals surface area contributed by atoms with E-state index in [9.17, 15) is 9.90 Å². The Bertz CT molecular complexity index is 700. The van der Waals surface area contributed by atoms with E-state index in [1.807, 2.05) is 4.90 Å². The van der Waals surface area contributed by atoms with Crippen molar-refractivity contribution < 1.29 is 14.6 Å². The van der Waals surface area contributed by atoms with Crippen LogP contribution in [0.25, 0.3) is 0 Å². The number of aliphatic hydroxyl groups is 1. The first-order valence-corrected chi connectivity index (χ1v) is 8.06. The number of aromatic nitrogens is 3. The van der Waals surface area contributed by atoms with Crippen molar-refractivity contribution in [3.05, 3.63) is 43.1 Å². The maximum atomic E-state index is 12.2. The molecule has 2 aromatic rings. The summed E-state index contributed by atoms with van der Waals surface area (Å²) in [7, 11) is 1.66. The summed E-state index contributed by atoms with van der Waals surface area (Å²) in [5.74, 6) is 1.07. The molecule has 0 aromatic carbocycles. The molecule has 0 bridgehead atoms. The Morgan fingerprint density at radius 3 is 2.92 bits per heavy atom. The number of anilines is 1. The van der Waals surface area contributed by atoms with E-state index in [4.69, 9.17) is 4.74 Å². The lowest BCUT2D eigenvalue weighted by Crippen LogP contribution is -2.47. The molecule has 2 aromatic heterocycles. The molecule has 8 heteroatoms. The molecular weight excluding hydrogens is 322 g/mol. The molecule has 0 radical (unpaired) electrons. The molecule has 1 fully saturated rings. The predicted molar refractivity (Wildman–Crippen MR) is 91.2 cm³/mol. The summed E-state index contributed by atoms with van der Waals surface area (Å²) in [6.45, 7) is 1.22. The lowest BCUT2D eigenvalue weighted by molar-refractivity contribution is -0.134. The Labute approximate surface area is 146 Å². The highest BCUT2D eigenvalue weighted by atomic mass is 16.5. The van der Waals surface area contributed by atoms with E-state index in [0.717, 1.165) is 5.82 Å². The third-order valence-corrected chi connectivity index (χ3v) is 4.16. The number of carbonyl (C=O) groups is 1. The van der Waals surface area contributed by atoms with Crippen molar-refractivity contribution in [1.29, 1.82) is 0 Å². The van der Waals surface area contributed by atoms with Crippen LogP contribution in [-0.4, -0.2) is 69.8 Å². The number of hydrogen-bond acceptors (Lipinski definition) is 7. The van der Waals surface area contributed by atoms with E-state index in [2.05, 4.69) is 15.0 Å². The smallest absolute Gasteiger partial charge is 0.260 e. The van der Waals surface area contributed by atoms with Gasteiger partial charge in [0.15, 0.2) is 6.61 Å². The number of nitrogens with zero attached hydrogens (tertiary/aromatic N) is 5. The molecule has 1 saturated heterocycles. The van der Waals surface area contributed by atoms with Crippen molar-refractivity contribution in [2.75, 3.05) is 38.2 Å². The standard InChI is InChI=1S/C17H21N5O3/c1-21(16(23)11-25-14-3-2-5-18-9-14)12-17(24)4-8-22(13-17)15-10-19-6-7-20-15/h2-3,5-7,9-10,24H,4,8,11-13H2,1H3. The van der Waals surface area contributed by atoms with E-state index in [0.29, 0.717) is 25.3 Å². The maximum Gasteiger partial charge on any atom is 0.260 e. The third-order valence-electron chi connectivity index (χ3n) is 4.16. The minimum atomic E-state index is -0.976. The van der Waals surface area contributed by atoms with Gasteiger partial charge in [0.05, 0.1) is 18.9 Å². The topological polar surface area (TPSA) is 91.7 Å². The predicted octanol–water partition coefficient (Wildman–Crippen LogP) is 0.350. The molecule has 1 N–H and O–H groups in total. The molecule has 0 spiro atoms. The van der Waals surface area contributed by atoms with Crippen molar-refractivity contribution in [2.24, 2.45) is 0 Å². The van der Waals surface area contributed by atoms with Gasteiger partial charge < -0.3 is 19.6 Å². The lowest BCUT2D eigenvalue weighted by Gasteiger charge is -2.29. The zero-order valence-corrected chi connectivity index (χ0v) is 14.1. The van der Waals surface area contributed by atoms with Crippen LogP contribution in [0.5, 0.6) is 5.75 Å². The van der Waals surface area contributed by atoms with E-state index < -0.39 is 5.60 Å². The Morgan fingerprint density at radius 1 is 1.36 bits per heavy atom. The normalized spacial score (nSPS) is 19.7. The third kappa shape index (κ3) is 4.42. The molecule has 1 amide bonds. The molecule has 0 aliphatic carbocycles. The molecule has 3 rings (SSSR count). The Kier molecular flexibility index (Phi) is 5.08. The van der Waals surface area contributed by atoms with Gasteiger partial charge in [0.1, 0.15) is 17.2 Å². The van der Waals surface area contributed by atoms with Gasteiger partial charge in [0.2, 0.25) is 0 Å². The zero-order valence-electron chi connectivity index (χ0n) is 14.1. The average Bonchev–Trinajstić information content (AvgIpc) is 3.03. The molecule has 25 heavy (non-hydrogen) atoms. The summed E-state index contributed by atoms with van der Waals surface area (Å²) >= 11 is 0. The van der Waals surface area contributed by atoms with Gasteiger partial charge in [-0.2, -0.15) is 0 Å². The van der Waals surface area contributed by atoms with Gasteiger partial charge in [-0.3, -0.25) is 14.8 Å². The summed E-state index contributed by atoms with van der Waals surface area (Å²) in [6, 6.07) is 3.48. The molecule has 132 valence electrons. The number of amides is 1. The number of β-amino-alcohol motifs (C(OH)–C–C–N with tert-alkyl or cyclic N) is 1. The van der Waals surface area contributed by atoms with Gasteiger partial charge in [0, 0.05) is 38.7 Å². The summed E-state index contributed by atoms with van der Waals surface area (Å²) in [5, 5.41) is 10.8. The van der Waals surface area contributed by atoms with Crippen LogP contribution in [0.2, 0.25) is 0 Å². The number of ether oxygens (including phenoxy) is 1. The molecular formula is C17H21N5O3. The van der Waals surface area contributed by atoms with Crippen molar-refractivity contribution >= 4 is 11.7 Å².